The van der Waals surface area contributed by atoms with Crippen molar-refractivity contribution in [1.29, 1.82) is 0 Å². The number of carbonyl (C=O) groups excluding carboxylic acids is 1. The smallest absolute Gasteiger partial charge is 0.323 e. The Labute approximate surface area is 91.6 Å². The van der Waals surface area contributed by atoms with Crippen LogP contribution in [0.3, 0.4) is 0 Å². The minimum Gasteiger partial charge on any atom is -0.465 e. The van der Waals surface area contributed by atoms with Crippen LogP contribution in [0.4, 0.5) is 0 Å². The molecule has 1 aliphatic carbocycles. The lowest BCUT2D eigenvalue weighted by molar-refractivity contribution is -0.147. The Morgan fingerprint density at radius 1 is 1.47 bits per heavy atom. The fourth-order valence-corrected chi connectivity index (χ4v) is 2.85. The maximum absolute atomic E-state index is 11.8. The predicted molar refractivity (Wildman–Crippen MR) is 58.5 cm³/mol. The van der Waals surface area contributed by atoms with E-state index in [1.165, 1.54) is 19.3 Å². The number of nitrogens with one attached hydrogen (secondary N) is 1. The largest absolute Gasteiger partial charge is 0.465 e. The number of unbranched alkanes of at least 4 members (excludes halogenated alkanes) is 1. The molecular formula is C12H21NO2. The van der Waals surface area contributed by atoms with Gasteiger partial charge in [0, 0.05) is 0 Å². The summed E-state index contributed by atoms with van der Waals surface area (Å²) in [6.45, 7) is 3.71. The SMILES string of the molecule is CCCCOC(=O)[C@H]1NC[C@@H]2CCC[C@@H]21. The van der Waals surface area contributed by atoms with E-state index in [2.05, 4.69) is 12.2 Å². The molecule has 0 aromatic carbocycles. The Morgan fingerprint density at radius 3 is 3.13 bits per heavy atom. The third-order valence-electron chi connectivity index (χ3n) is 3.74. The average Bonchev–Trinajstić information content (AvgIpc) is 2.78. The molecule has 3 nitrogen and oxygen atoms in total. The molecule has 3 atom stereocenters. The van der Waals surface area contributed by atoms with E-state index >= 15 is 0 Å². The zero-order chi connectivity index (χ0) is 10.7. The van der Waals surface area contributed by atoms with Gasteiger partial charge < -0.3 is 10.1 Å². The summed E-state index contributed by atoms with van der Waals surface area (Å²) in [5, 5.41) is 3.31. The van der Waals surface area contributed by atoms with Crippen LogP contribution >= 0.6 is 0 Å². The van der Waals surface area contributed by atoms with Crippen molar-refractivity contribution < 1.29 is 9.53 Å². The summed E-state index contributed by atoms with van der Waals surface area (Å²) < 4.78 is 5.27. The van der Waals surface area contributed by atoms with Crippen LogP contribution in [-0.4, -0.2) is 25.2 Å². The average molecular weight is 211 g/mol. The van der Waals surface area contributed by atoms with Gasteiger partial charge in [-0.15, -0.1) is 0 Å². The van der Waals surface area contributed by atoms with E-state index in [1.807, 2.05) is 0 Å². The molecule has 0 spiro atoms. The third-order valence-corrected chi connectivity index (χ3v) is 3.74. The Hall–Kier alpha value is -0.570. The Kier molecular flexibility index (Phi) is 3.62. The molecule has 3 heteroatoms. The van der Waals surface area contributed by atoms with Gasteiger partial charge in [0.05, 0.1) is 6.61 Å². The summed E-state index contributed by atoms with van der Waals surface area (Å²) in [5.41, 5.74) is 0. The molecule has 2 fully saturated rings. The number of hydrogen-bond donors (Lipinski definition) is 1. The molecule has 86 valence electrons. The number of fused-ring (bicyclic) bond motifs is 1. The van der Waals surface area contributed by atoms with E-state index in [0.29, 0.717) is 12.5 Å². The third kappa shape index (κ3) is 2.33. The Bertz CT molecular complexity index is 230. The van der Waals surface area contributed by atoms with Gasteiger partial charge >= 0.3 is 5.97 Å². The molecule has 0 unspecified atom stereocenters. The minimum absolute atomic E-state index is 0.00523. The minimum atomic E-state index is -0.0159. The van der Waals surface area contributed by atoms with Crippen LogP contribution in [0, 0.1) is 11.8 Å². The summed E-state index contributed by atoms with van der Waals surface area (Å²) in [7, 11) is 0. The van der Waals surface area contributed by atoms with Crippen LogP contribution in [0.15, 0.2) is 0 Å². The van der Waals surface area contributed by atoms with Crippen molar-refractivity contribution >= 4 is 5.97 Å². The zero-order valence-electron chi connectivity index (χ0n) is 9.50. The van der Waals surface area contributed by atoms with Gasteiger partial charge in [-0.3, -0.25) is 4.79 Å². The second-order valence-corrected chi connectivity index (χ2v) is 4.76. The van der Waals surface area contributed by atoms with Gasteiger partial charge in [-0.1, -0.05) is 19.8 Å². The first kappa shape index (κ1) is 10.9. The van der Waals surface area contributed by atoms with Crippen LogP contribution in [0.25, 0.3) is 0 Å². The molecule has 2 rings (SSSR count). The molecule has 0 aromatic rings. The van der Waals surface area contributed by atoms with E-state index in [0.717, 1.165) is 25.3 Å². The molecule has 2 aliphatic rings. The highest BCUT2D eigenvalue weighted by atomic mass is 16.5. The molecule has 15 heavy (non-hydrogen) atoms. The van der Waals surface area contributed by atoms with Gasteiger partial charge in [-0.2, -0.15) is 0 Å². The monoisotopic (exact) mass is 211 g/mol. The molecule has 0 bridgehead atoms. The van der Waals surface area contributed by atoms with E-state index in [9.17, 15) is 4.79 Å². The maximum Gasteiger partial charge on any atom is 0.323 e. The van der Waals surface area contributed by atoms with E-state index in [4.69, 9.17) is 4.74 Å². The van der Waals surface area contributed by atoms with Crippen LogP contribution < -0.4 is 5.32 Å². The molecule has 0 amide bonds. The maximum atomic E-state index is 11.8. The van der Waals surface area contributed by atoms with Gasteiger partial charge in [0.2, 0.25) is 0 Å². The fraction of sp³-hybridized carbons (Fsp3) is 0.917. The molecule has 1 saturated heterocycles. The molecule has 0 radical (unpaired) electrons. The molecule has 1 saturated carbocycles. The van der Waals surface area contributed by atoms with Crippen molar-refractivity contribution in [2.75, 3.05) is 13.2 Å². The first-order chi connectivity index (χ1) is 7.33. The second-order valence-electron chi connectivity index (χ2n) is 4.76. The van der Waals surface area contributed by atoms with Gasteiger partial charge in [-0.25, -0.2) is 0 Å². The van der Waals surface area contributed by atoms with Crippen molar-refractivity contribution in [1.82, 2.24) is 5.32 Å². The normalized spacial score (nSPS) is 34.1. The first-order valence-electron chi connectivity index (χ1n) is 6.23. The van der Waals surface area contributed by atoms with Crippen LogP contribution in [0.2, 0.25) is 0 Å². The molecular weight excluding hydrogens is 190 g/mol. The van der Waals surface area contributed by atoms with E-state index in [-0.39, 0.29) is 12.0 Å². The molecule has 1 aliphatic heterocycles. The number of ether oxygens (including phenoxy) is 1. The van der Waals surface area contributed by atoms with Gasteiger partial charge in [0.15, 0.2) is 0 Å². The summed E-state index contributed by atoms with van der Waals surface area (Å²) in [5.74, 6) is 1.27. The number of hydrogen-bond acceptors (Lipinski definition) is 3. The predicted octanol–water partition coefficient (Wildman–Crippen LogP) is 1.72. The summed E-state index contributed by atoms with van der Waals surface area (Å²) in [6, 6.07) is -0.00523. The van der Waals surface area contributed by atoms with Crippen LogP contribution in [0.5, 0.6) is 0 Å². The van der Waals surface area contributed by atoms with Crippen molar-refractivity contribution in [2.24, 2.45) is 11.8 Å². The highest BCUT2D eigenvalue weighted by Gasteiger charge is 2.43. The zero-order valence-corrected chi connectivity index (χ0v) is 9.50. The lowest BCUT2D eigenvalue weighted by Gasteiger charge is -2.16. The standard InChI is InChI=1S/C12H21NO2/c1-2-3-7-15-12(14)11-10-6-4-5-9(10)8-13-11/h9-11,13H,2-8H2,1H3/t9-,10-,11-/m0/s1. The van der Waals surface area contributed by atoms with Crippen molar-refractivity contribution in [3.8, 4) is 0 Å². The Morgan fingerprint density at radius 2 is 2.33 bits per heavy atom. The van der Waals surface area contributed by atoms with Crippen molar-refractivity contribution in [3.63, 3.8) is 0 Å². The molecule has 1 heterocycles. The van der Waals surface area contributed by atoms with Crippen molar-refractivity contribution in [3.05, 3.63) is 0 Å². The summed E-state index contributed by atoms with van der Waals surface area (Å²) in [4.78, 5) is 11.8. The molecule has 0 aromatic heterocycles. The quantitative estimate of drug-likeness (QED) is 0.568. The van der Waals surface area contributed by atoms with Crippen molar-refractivity contribution in [2.45, 2.75) is 45.1 Å². The number of rotatable bonds is 4. The van der Waals surface area contributed by atoms with Gasteiger partial charge in [0.25, 0.3) is 0 Å². The van der Waals surface area contributed by atoms with E-state index < -0.39 is 0 Å². The number of esters is 1. The second kappa shape index (κ2) is 4.97. The fourth-order valence-electron chi connectivity index (χ4n) is 2.85. The lowest BCUT2D eigenvalue weighted by Crippen LogP contribution is -2.37. The summed E-state index contributed by atoms with van der Waals surface area (Å²) in [6.07, 6.45) is 5.83. The van der Waals surface area contributed by atoms with Gasteiger partial charge in [-0.05, 0) is 37.6 Å². The van der Waals surface area contributed by atoms with Gasteiger partial charge in [0.1, 0.15) is 6.04 Å². The summed E-state index contributed by atoms with van der Waals surface area (Å²) >= 11 is 0. The van der Waals surface area contributed by atoms with E-state index in [1.54, 1.807) is 0 Å². The highest BCUT2D eigenvalue weighted by molar-refractivity contribution is 5.76. The topological polar surface area (TPSA) is 38.3 Å². The lowest BCUT2D eigenvalue weighted by atomic mass is 9.94. The highest BCUT2D eigenvalue weighted by Crippen LogP contribution is 2.37. The first-order valence-corrected chi connectivity index (χ1v) is 6.23. The Balaban J connectivity index is 1.80. The number of carbonyl (C=O) groups is 1. The molecule has 1 N–H and O–H groups in total. The van der Waals surface area contributed by atoms with Crippen LogP contribution in [0.1, 0.15) is 39.0 Å². The van der Waals surface area contributed by atoms with Crippen LogP contribution in [-0.2, 0) is 9.53 Å².